The smallest absolute Gasteiger partial charge is 0.148 e. The van der Waals surface area contributed by atoms with E-state index in [1.807, 2.05) is 19.1 Å². The number of nitrogens with two attached hydrogens (primary N) is 1. The minimum absolute atomic E-state index is 0.459. The topological polar surface area (TPSA) is 48.1 Å². The highest BCUT2D eigenvalue weighted by atomic mass is 79.9. The average Bonchev–Trinajstić information content (AvgIpc) is 2.56. The monoisotopic (exact) mass is 390 g/mol. The van der Waals surface area contributed by atoms with Crippen LogP contribution in [0.2, 0.25) is 0 Å². The number of nitrogen functional groups attached to an aromatic ring is 1. The van der Waals surface area contributed by atoms with Crippen molar-refractivity contribution in [2.45, 2.75) is 20.5 Å². The first-order chi connectivity index (χ1) is 8.47. The molecule has 1 heterocycles. The Morgan fingerprint density at radius 1 is 1.28 bits per heavy atom. The van der Waals surface area contributed by atoms with Crippen molar-refractivity contribution < 1.29 is 4.74 Å². The van der Waals surface area contributed by atoms with Crippen LogP contribution in [0.4, 0.5) is 5.69 Å². The van der Waals surface area contributed by atoms with Gasteiger partial charge in [0.25, 0.3) is 0 Å². The highest BCUT2D eigenvalue weighted by Crippen LogP contribution is 2.36. The summed E-state index contributed by atoms with van der Waals surface area (Å²) in [6.45, 7) is 4.52. The predicted molar refractivity (Wildman–Crippen MR) is 82.2 cm³/mol. The van der Waals surface area contributed by atoms with Gasteiger partial charge in [0.1, 0.15) is 17.4 Å². The Hall–Kier alpha value is -0.590. The molecule has 0 aliphatic carbocycles. The van der Waals surface area contributed by atoms with Crippen LogP contribution in [0.25, 0.3) is 0 Å². The number of hydrogen-bond acceptors (Lipinski definition) is 4. The van der Waals surface area contributed by atoms with E-state index in [1.165, 1.54) is 4.88 Å². The molecule has 0 saturated heterocycles. The van der Waals surface area contributed by atoms with Gasteiger partial charge in [-0.05, 0) is 57.8 Å². The van der Waals surface area contributed by atoms with Crippen LogP contribution in [0.15, 0.2) is 21.1 Å². The number of hydrogen-bond donors (Lipinski definition) is 1. The quantitative estimate of drug-likeness (QED) is 0.786. The maximum absolute atomic E-state index is 5.78. The van der Waals surface area contributed by atoms with Gasteiger partial charge in [0, 0.05) is 10.6 Å². The minimum atomic E-state index is 0.459. The number of halogens is 2. The Balaban J connectivity index is 2.15. The summed E-state index contributed by atoms with van der Waals surface area (Å²) in [6, 6.07) is 3.64. The van der Waals surface area contributed by atoms with Gasteiger partial charge in [-0.2, -0.15) is 0 Å². The van der Waals surface area contributed by atoms with Crippen molar-refractivity contribution in [1.82, 2.24) is 4.98 Å². The number of aromatic nitrogens is 1. The maximum Gasteiger partial charge on any atom is 0.148 e. The normalized spacial score (nSPS) is 10.7. The first kappa shape index (κ1) is 13.8. The van der Waals surface area contributed by atoms with Crippen molar-refractivity contribution in [3.8, 4) is 5.75 Å². The average molecular weight is 392 g/mol. The first-order valence-corrected chi connectivity index (χ1v) is 7.68. The third kappa shape index (κ3) is 3.05. The Kier molecular flexibility index (Phi) is 4.29. The van der Waals surface area contributed by atoms with Gasteiger partial charge in [-0.1, -0.05) is 0 Å². The molecule has 2 rings (SSSR count). The number of nitrogens with zero attached hydrogens (tertiary/aromatic N) is 1. The molecule has 1 aromatic heterocycles. The van der Waals surface area contributed by atoms with Crippen molar-refractivity contribution in [2.75, 3.05) is 5.73 Å². The van der Waals surface area contributed by atoms with Gasteiger partial charge in [-0.3, -0.25) is 0 Å². The second kappa shape index (κ2) is 5.59. The van der Waals surface area contributed by atoms with Crippen LogP contribution < -0.4 is 10.5 Å². The van der Waals surface area contributed by atoms with Crippen LogP contribution in [-0.4, -0.2) is 4.98 Å². The largest absolute Gasteiger partial charge is 0.484 e. The summed E-state index contributed by atoms with van der Waals surface area (Å²) >= 11 is 8.54. The molecule has 0 aliphatic rings. The number of rotatable bonds is 3. The highest BCUT2D eigenvalue weighted by Gasteiger charge is 2.10. The number of benzene rings is 1. The zero-order valence-corrected chi connectivity index (χ0v) is 13.9. The van der Waals surface area contributed by atoms with Crippen LogP contribution >= 0.6 is 43.2 Å². The van der Waals surface area contributed by atoms with Crippen molar-refractivity contribution in [1.29, 1.82) is 0 Å². The molecule has 0 amide bonds. The van der Waals surface area contributed by atoms with E-state index in [0.717, 1.165) is 25.4 Å². The van der Waals surface area contributed by atoms with Crippen molar-refractivity contribution in [3.63, 3.8) is 0 Å². The lowest BCUT2D eigenvalue weighted by atomic mass is 10.3. The summed E-state index contributed by atoms with van der Waals surface area (Å²) in [5, 5.41) is 0.973. The van der Waals surface area contributed by atoms with E-state index < -0.39 is 0 Å². The molecule has 1 aromatic carbocycles. The SMILES string of the molecule is Cc1nc(COc2c(Br)cc(N)cc2Br)sc1C. The lowest BCUT2D eigenvalue weighted by Crippen LogP contribution is -1.97. The van der Waals surface area contributed by atoms with Crippen molar-refractivity contribution >= 4 is 48.9 Å². The summed E-state index contributed by atoms with van der Waals surface area (Å²) in [5.41, 5.74) is 7.48. The van der Waals surface area contributed by atoms with Gasteiger partial charge in [0.2, 0.25) is 0 Å². The molecular weight excluding hydrogens is 380 g/mol. The van der Waals surface area contributed by atoms with E-state index in [-0.39, 0.29) is 0 Å². The fourth-order valence-corrected chi connectivity index (χ4v) is 3.75. The van der Waals surface area contributed by atoms with Gasteiger partial charge in [0.05, 0.1) is 14.6 Å². The van der Waals surface area contributed by atoms with Crippen LogP contribution in [0, 0.1) is 13.8 Å². The molecule has 3 nitrogen and oxygen atoms in total. The van der Waals surface area contributed by atoms with Gasteiger partial charge >= 0.3 is 0 Å². The predicted octanol–water partition coefficient (Wildman–Crippen LogP) is 4.45. The number of aryl methyl sites for hydroxylation is 2. The summed E-state index contributed by atoms with van der Waals surface area (Å²) in [4.78, 5) is 5.67. The molecule has 6 heteroatoms. The van der Waals surface area contributed by atoms with Crippen LogP contribution in [0.3, 0.4) is 0 Å². The summed E-state index contributed by atoms with van der Waals surface area (Å²) in [5.74, 6) is 0.745. The Morgan fingerprint density at radius 3 is 2.39 bits per heavy atom. The molecule has 0 saturated carbocycles. The molecule has 18 heavy (non-hydrogen) atoms. The highest BCUT2D eigenvalue weighted by molar-refractivity contribution is 9.11. The Morgan fingerprint density at radius 2 is 1.89 bits per heavy atom. The molecular formula is C12H12Br2N2OS. The maximum atomic E-state index is 5.78. The lowest BCUT2D eigenvalue weighted by Gasteiger charge is -2.09. The van der Waals surface area contributed by atoms with Gasteiger partial charge in [0.15, 0.2) is 0 Å². The molecule has 2 aromatic rings. The van der Waals surface area contributed by atoms with Crippen LogP contribution in [0.5, 0.6) is 5.75 Å². The van der Waals surface area contributed by atoms with E-state index in [4.69, 9.17) is 10.5 Å². The molecule has 0 bridgehead atoms. The van der Waals surface area contributed by atoms with Crippen LogP contribution in [0.1, 0.15) is 15.6 Å². The molecule has 96 valence electrons. The number of anilines is 1. The van der Waals surface area contributed by atoms with Crippen molar-refractivity contribution in [2.24, 2.45) is 0 Å². The van der Waals surface area contributed by atoms with Gasteiger partial charge in [-0.25, -0.2) is 4.98 Å². The van der Waals surface area contributed by atoms with Crippen molar-refractivity contribution in [3.05, 3.63) is 36.7 Å². The third-order valence-electron chi connectivity index (χ3n) is 2.43. The van der Waals surface area contributed by atoms with E-state index in [1.54, 1.807) is 11.3 Å². The van der Waals surface area contributed by atoms with E-state index in [2.05, 4.69) is 43.8 Å². The molecule has 0 unspecified atom stereocenters. The molecule has 0 atom stereocenters. The molecule has 0 fully saturated rings. The Bertz CT molecular complexity index is 541. The molecule has 0 spiro atoms. The third-order valence-corrected chi connectivity index (χ3v) is 4.66. The summed E-state index contributed by atoms with van der Waals surface area (Å²) in [7, 11) is 0. The first-order valence-electron chi connectivity index (χ1n) is 5.27. The minimum Gasteiger partial charge on any atom is -0.484 e. The van der Waals surface area contributed by atoms with Gasteiger partial charge in [-0.15, -0.1) is 11.3 Å². The number of ether oxygens (including phenoxy) is 1. The Labute approximate surface area is 127 Å². The van der Waals surface area contributed by atoms with Gasteiger partial charge < -0.3 is 10.5 Å². The second-order valence-corrected chi connectivity index (χ2v) is 6.85. The fourth-order valence-electron chi connectivity index (χ4n) is 1.45. The fraction of sp³-hybridized carbons (Fsp3) is 0.250. The zero-order valence-electron chi connectivity index (χ0n) is 9.96. The zero-order chi connectivity index (χ0) is 13.3. The number of thiazole rings is 1. The van der Waals surface area contributed by atoms with E-state index >= 15 is 0 Å². The molecule has 2 N–H and O–H groups in total. The summed E-state index contributed by atoms with van der Waals surface area (Å²) < 4.78 is 7.44. The molecule has 0 aliphatic heterocycles. The summed E-state index contributed by atoms with van der Waals surface area (Å²) in [6.07, 6.45) is 0. The second-order valence-electron chi connectivity index (χ2n) is 3.85. The lowest BCUT2D eigenvalue weighted by molar-refractivity contribution is 0.301. The van der Waals surface area contributed by atoms with Crippen LogP contribution in [-0.2, 0) is 6.61 Å². The standard InChI is InChI=1S/C12H12Br2N2OS/c1-6-7(2)18-11(16-6)5-17-12-9(13)3-8(15)4-10(12)14/h3-4H,5,15H2,1-2H3. The van der Waals surface area contributed by atoms with E-state index in [0.29, 0.717) is 12.3 Å². The van der Waals surface area contributed by atoms with E-state index in [9.17, 15) is 0 Å². The molecule has 0 radical (unpaired) electrons.